The van der Waals surface area contributed by atoms with E-state index in [0.29, 0.717) is 6.54 Å². The third kappa shape index (κ3) is 4.95. The molecule has 1 aliphatic heterocycles. The first kappa shape index (κ1) is 23.7. The number of hydrogen-bond acceptors (Lipinski definition) is 4. The highest BCUT2D eigenvalue weighted by atomic mass is 35.5. The molecule has 1 heterocycles. The second-order valence-electron chi connectivity index (χ2n) is 7.71. The molecule has 0 N–H and O–H groups in total. The summed E-state index contributed by atoms with van der Waals surface area (Å²) in [5, 5.41) is 0. The van der Waals surface area contributed by atoms with Crippen molar-refractivity contribution >= 4 is 37.5 Å². The number of hydrogen-bond donors (Lipinski definition) is 0. The fraction of sp³-hybridized carbons (Fsp3) is 0.381. The SMILES string of the molecule is Cc1ccc(S(=O)(=O)N=C(CCl)N2CCN(S(=O)(=O)c3ccccc3)[C@H]2C(C)C)cc1. The zero-order chi connectivity index (χ0) is 22.8. The third-order valence-electron chi connectivity index (χ3n) is 5.12. The van der Waals surface area contributed by atoms with Gasteiger partial charge in [-0.15, -0.1) is 16.0 Å². The van der Waals surface area contributed by atoms with Crippen LogP contribution < -0.4 is 0 Å². The summed E-state index contributed by atoms with van der Waals surface area (Å²) >= 11 is 6.11. The highest BCUT2D eigenvalue weighted by Gasteiger charge is 2.43. The van der Waals surface area contributed by atoms with Crippen molar-refractivity contribution < 1.29 is 16.8 Å². The topological polar surface area (TPSA) is 87.1 Å². The van der Waals surface area contributed by atoms with Crippen LogP contribution in [0.25, 0.3) is 0 Å². The number of amidine groups is 1. The second-order valence-corrected chi connectivity index (χ2v) is 11.5. The molecule has 0 spiro atoms. The Hall–Kier alpha value is -1.94. The number of sulfonamides is 2. The molecule has 31 heavy (non-hydrogen) atoms. The average Bonchev–Trinajstić information content (AvgIpc) is 3.19. The first-order valence-electron chi connectivity index (χ1n) is 9.88. The maximum absolute atomic E-state index is 13.3. The number of aryl methyl sites for hydroxylation is 1. The Bertz CT molecular complexity index is 1150. The average molecular weight is 484 g/mol. The minimum atomic E-state index is -3.99. The summed E-state index contributed by atoms with van der Waals surface area (Å²) in [7, 11) is -7.75. The van der Waals surface area contributed by atoms with Gasteiger partial charge < -0.3 is 4.90 Å². The molecule has 0 aromatic heterocycles. The second kappa shape index (κ2) is 9.28. The Morgan fingerprint density at radius 2 is 1.61 bits per heavy atom. The third-order valence-corrected chi connectivity index (χ3v) is 8.56. The monoisotopic (exact) mass is 483 g/mol. The molecular weight excluding hydrogens is 458 g/mol. The van der Waals surface area contributed by atoms with Gasteiger partial charge in [0.05, 0.1) is 21.8 Å². The van der Waals surface area contributed by atoms with E-state index in [1.807, 2.05) is 20.8 Å². The van der Waals surface area contributed by atoms with E-state index in [-0.39, 0.29) is 34.0 Å². The molecule has 1 saturated heterocycles. The molecule has 0 bridgehead atoms. The molecule has 0 saturated carbocycles. The zero-order valence-corrected chi connectivity index (χ0v) is 20.0. The number of halogens is 1. The van der Waals surface area contributed by atoms with Crippen molar-refractivity contribution in [2.45, 2.75) is 36.7 Å². The van der Waals surface area contributed by atoms with E-state index in [2.05, 4.69) is 4.40 Å². The van der Waals surface area contributed by atoms with Crippen LogP contribution in [0.1, 0.15) is 19.4 Å². The van der Waals surface area contributed by atoms with E-state index in [1.165, 1.54) is 16.4 Å². The molecule has 2 aromatic carbocycles. The van der Waals surface area contributed by atoms with Gasteiger partial charge in [0, 0.05) is 13.1 Å². The zero-order valence-electron chi connectivity index (χ0n) is 17.6. The fourth-order valence-corrected chi connectivity index (χ4v) is 6.70. The Morgan fingerprint density at radius 3 is 2.16 bits per heavy atom. The standard InChI is InChI=1S/C21H26ClN3O4S2/c1-16(2)21-24(13-14-25(21)31(28,29)19-7-5-4-6-8-19)20(15-22)23-30(26,27)18-11-9-17(3)10-12-18/h4-12,16,21H,13-15H2,1-3H3/t21-/m0/s1. The normalized spacial score (nSPS) is 18.7. The van der Waals surface area contributed by atoms with Crippen LogP contribution in [-0.4, -0.2) is 57.0 Å². The van der Waals surface area contributed by atoms with E-state index >= 15 is 0 Å². The first-order valence-corrected chi connectivity index (χ1v) is 13.3. The lowest BCUT2D eigenvalue weighted by atomic mass is 10.1. The number of nitrogens with zero attached hydrogens (tertiary/aromatic N) is 3. The van der Waals surface area contributed by atoms with Crippen molar-refractivity contribution in [1.29, 1.82) is 0 Å². The Balaban J connectivity index is 1.99. The molecule has 10 heteroatoms. The molecule has 0 amide bonds. The van der Waals surface area contributed by atoms with E-state index in [9.17, 15) is 16.8 Å². The first-order chi connectivity index (χ1) is 14.6. The van der Waals surface area contributed by atoms with Gasteiger partial charge in [-0.1, -0.05) is 49.7 Å². The van der Waals surface area contributed by atoms with Gasteiger partial charge in [0.15, 0.2) is 0 Å². The summed E-state index contributed by atoms with van der Waals surface area (Å²) in [6, 6.07) is 14.6. The highest BCUT2D eigenvalue weighted by molar-refractivity contribution is 7.90. The minimum Gasteiger partial charge on any atom is -0.340 e. The van der Waals surface area contributed by atoms with Crippen LogP contribution in [0.5, 0.6) is 0 Å². The van der Waals surface area contributed by atoms with Crippen molar-refractivity contribution in [2.24, 2.45) is 10.3 Å². The van der Waals surface area contributed by atoms with Gasteiger partial charge in [-0.3, -0.25) is 0 Å². The van der Waals surface area contributed by atoms with Gasteiger partial charge in [-0.05, 0) is 37.1 Å². The van der Waals surface area contributed by atoms with E-state index in [0.717, 1.165) is 5.56 Å². The van der Waals surface area contributed by atoms with Gasteiger partial charge >= 0.3 is 0 Å². The molecule has 3 rings (SSSR count). The molecule has 0 aliphatic carbocycles. The van der Waals surface area contributed by atoms with Crippen LogP contribution in [-0.2, 0) is 20.0 Å². The molecular formula is C21H26ClN3O4S2. The van der Waals surface area contributed by atoms with Crippen LogP contribution >= 0.6 is 11.6 Å². The molecule has 168 valence electrons. The van der Waals surface area contributed by atoms with Gasteiger partial charge in [0.2, 0.25) is 10.0 Å². The summed E-state index contributed by atoms with van der Waals surface area (Å²) < 4.78 is 57.6. The Morgan fingerprint density at radius 1 is 1.00 bits per heavy atom. The predicted octanol–water partition coefficient (Wildman–Crippen LogP) is 3.31. The summed E-state index contributed by atoms with van der Waals surface area (Å²) in [6.07, 6.45) is -0.601. The van der Waals surface area contributed by atoms with Crippen LogP contribution in [0.15, 0.2) is 68.8 Å². The Labute approximate surface area is 189 Å². The van der Waals surface area contributed by atoms with Crippen LogP contribution in [0.4, 0.5) is 0 Å². The van der Waals surface area contributed by atoms with Gasteiger partial charge in [0.25, 0.3) is 10.0 Å². The lowest BCUT2D eigenvalue weighted by molar-refractivity contribution is 0.211. The molecule has 2 aromatic rings. The maximum atomic E-state index is 13.3. The number of benzene rings is 2. The molecule has 0 unspecified atom stereocenters. The van der Waals surface area contributed by atoms with Gasteiger partial charge in [-0.25, -0.2) is 8.42 Å². The lowest BCUT2D eigenvalue weighted by Gasteiger charge is -2.34. The molecule has 1 fully saturated rings. The van der Waals surface area contributed by atoms with Gasteiger partial charge in [0.1, 0.15) is 5.84 Å². The van der Waals surface area contributed by atoms with E-state index in [4.69, 9.17) is 11.6 Å². The number of alkyl halides is 1. The largest absolute Gasteiger partial charge is 0.340 e. The lowest BCUT2D eigenvalue weighted by Crippen LogP contribution is -2.48. The minimum absolute atomic E-state index is 0.0646. The van der Waals surface area contributed by atoms with Crippen LogP contribution in [0, 0.1) is 12.8 Å². The van der Waals surface area contributed by atoms with E-state index in [1.54, 1.807) is 47.4 Å². The summed E-state index contributed by atoms with van der Waals surface area (Å²) in [5.41, 5.74) is 0.932. The van der Waals surface area contributed by atoms with Crippen molar-refractivity contribution in [3.8, 4) is 0 Å². The van der Waals surface area contributed by atoms with Gasteiger partial charge in [-0.2, -0.15) is 12.7 Å². The molecule has 1 aliphatic rings. The summed E-state index contributed by atoms with van der Waals surface area (Å²) in [5.74, 6) is -0.156. The van der Waals surface area contributed by atoms with Crippen LogP contribution in [0.3, 0.4) is 0 Å². The quantitative estimate of drug-likeness (QED) is 0.357. The molecule has 1 atom stereocenters. The van der Waals surface area contributed by atoms with Crippen molar-refractivity contribution in [3.05, 3.63) is 60.2 Å². The van der Waals surface area contributed by atoms with Crippen molar-refractivity contribution in [1.82, 2.24) is 9.21 Å². The van der Waals surface area contributed by atoms with E-state index < -0.39 is 26.2 Å². The van der Waals surface area contributed by atoms with Crippen molar-refractivity contribution in [2.75, 3.05) is 19.0 Å². The predicted molar refractivity (Wildman–Crippen MR) is 122 cm³/mol. The summed E-state index contributed by atoms with van der Waals surface area (Å²) in [6.45, 7) is 6.14. The Kier molecular flexibility index (Phi) is 7.10. The fourth-order valence-electron chi connectivity index (χ4n) is 3.65. The van der Waals surface area contributed by atoms with Crippen LogP contribution in [0.2, 0.25) is 0 Å². The summed E-state index contributed by atoms with van der Waals surface area (Å²) in [4.78, 5) is 1.94. The molecule has 0 radical (unpaired) electrons. The number of rotatable bonds is 6. The highest BCUT2D eigenvalue weighted by Crippen LogP contribution is 2.29. The smallest absolute Gasteiger partial charge is 0.283 e. The van der Waals surface area contributed by atoms with Crippen molar-refractivity contribution in [3.63, 3.8) is 0 Å². The maximum Gasteiger partial charge on any atom is 0.283 e. The molecule has 7 nitrogen and oxygen atoms in total.